The molecule has 1 saturated heterocycles. The van der Waals surface area contributed by atoms with Crippen LogP contribution in [-0.2, 0) is 22.6 Å². The van der Waals surface area contributed by atoms with E-state index < -0.39 is 0 Å². The van der Waals surface area contributed by atoms with Gasteiger partial charge >= 0.3 is 0 Å². The molecule has 0 bridgehead atoms. The van der Waals surface area contributed by atoms with Crippen LogP contribution in [0.5, 0.6) is 0 Å². The number of hydrogen-bond donors (Lipinski definition) is 3. The smallest absolute Gasteiger partial charge is 0.231 e. The number of likely N-dealkylation sites (tertiary alicyclic amines) is 1. The van der Waals surface area contributed by atoms with E-state index in [2.05, 4.69) is 43.2 Å². The van der Waals surface area contributed by atoms with Gasteiger partial charge < -0.3 is 16.0 Å². The standard InChI is InChI=1S/C21H30N4O2/c1-4-18-14(3)17-9-13(2)8-16(20(17)24-18)10-23-21(27)15-6-5-7-25(11-15)12-19(22)26/h8-9,15,24H,4-7,10-12H2,1-3H3,(H2,22,26)(H,23,27). The molecule has 0 radical (unpaired) electrons. The minimum atomic E-state index is -0.341. The van der Waals surface area contributed by atoms with Crippen LogP contribution in [0.4, 0.5) is 0 Å². The average Bonchev–Trinajstić information content (AvgIpc) is 2.95. The number of H-pyrrole nitrogens is 1. The summed E-state index contributed by atoms with van der Waals surface area (Å²) in [5.41, 5.74) is 11.3. The summed E-state index contributed by atoms with van der Waals surface area (Å²) in [6.07, 6.45) is 2.73. The van der Waals surface area contributed by atoms with Crippen molar-refractivity contribution in [3.63, 3.8) is 0 Å². The maximum atomic E-state index is 12.7. The molecule has 1 unspecified atom stereocenters. The third-order valence-electron chi connectivity index (χ3n) is 5.56. The van der Waals surface area contributed by atoms with Crippen molar-refractivity contribution >= 4 is 22.7 Å². The Morgan fingerprint density at radius 2 is 2.11 bits per heavy atom. The number of carbonyl (C=O) groups excluding carboxylic acids is 2. The number of carbonyl (C=O) groups is 2. The molecule has 0 spiro atoms. The molecule has 1 aliphatic heterocycles. The molecule has 1 aromatic carbocycles. The molecule has 0 saturated carbocycles. The zero-order valence-corrected chi connectivity index (χ0v) is 16.5. The van der Waals surface area contributed by atoms with E-state index >= 15 is 0 Å². The van der Waals surface area contributed by atoms with Crippen LogP contribution in [-0.4, -0.2) is 41.3 Å². The van der Waals surface area contributed by atoms with Crippen LogP contribution in [0.1, 0.15) is 42.1 Å². The van der Waals surface area contributed by atoms with Crippen molar-refractivity contribution < 1.29 is 9.59 Å². The number of fused-ring (bicyclic) bond motifs is 1. The predicted octanol–water partition coefficient (Wildman–Crippen LogP) is 2.16. The van der Waals surface area contributed by atoms with Gasteiger partial charge in [0, 0.05) is 24.2 Å². The average molecular weight is 370 g/mol. The largest absolute Gasteiger partial charge is 0.369 e. The first-order chi connectivity index (χ1) is 12.9. The molecule has 0 aliphatic carbocycles. The van der Waals surface area contributed by atoms with Crippen molar-refractivity contribution in [2.24, 2.45) is 11.7 Å². The van der Waals surface area contributed by atoms with Gasteiger partial charge in [0.05, 0.1) is 18.0 Å². The van der Waals surface area contributed by atoms with E-state index in [9.17, 15) is 9.59 Å². The second kappa shape index (κ2) is 8.13. The number of nitrogens with two attached hydrogens (primary N) is 1. The lowest BCUT2D eigenvalue weighted by atomic mass is 9.97. The first-order valence-electron chi connectivity index (χ1n) is 9.78. The third kappa shape index (κ3) is 4.33. The zero-order chi connectivity index (χ0) is 19.6. The number of nitrogens with zero attached hydrogens (tertiary/aromatic N) is 1. The summed E-state index contributed by atoms with van der Waals surface area (Å²) in [5.74, 6) is -0.375. The quantitative estimate of drug-likeness (QED) is 0.728. The molecule has 146 valence electrons. The molecular formula is C21H30N4O2. The van der Waals surface area contributed by atoms with Gasteiger partial charge in [0.25, 0.3) is 0 Å². The molecular weight excluding hydrogens is 340 g/mol. The molecule has 27 heavy (non-hydrogen) atoms. The summed E-state index contributed by atoms with van der Waals surface area (Å²) in [5, 5.41) is 4.34. The highest BCUT2D eigenvalue weighted by atomic mass is 16.2. The van der Waals surface area contributed by atoms with E-state index in [1.165, 1.54) is 22.2 Å². The first kappa shape index (κ1) is 19.4. The number of aryl methyl sites for hydroxylation is 3. The number of amides is 2. The number of aromatic nitrogens is 1. The number of benzene rings is 1. The van der Waals surface area contributed by atoms with Crippen LogP contribution in [0.2, 0.25) is 0 Å². The van der Waals surface area contributed by atoms with Crippen LogP contribution >= 0.6 is 0 Å². The van der Waals surface area contributed by atoms with Crippen molar-refractivity contribution in [3.05, 3.63) is 34.5 Å². The maximum absolute atomic E-state index is 12.7. The Morgan fingerprint density at radius 3 is 2.81 bits per heavy atom. The second-order valence-electron chi connectivity index (χ2n) is 7.69. The zero-order valence-electron chi connectivity index (χ0n) is 16.5. The summed E-state index contributed by atoms with van der Waals surface area (Å²) in [6, 6.07) is 4.34. The lowest BCUT2D eigenvalue weighted by Gasteiger charge is -2.31. The van der Waals surface area contributed by atoms with Crippen molar-refractivity contribution in [3.8, 4) is 0 Å². The minimum Gasteiger partial charge on any atom is -0.369 e. The molecule has 1 atom stereocenters. The Labute approximate surface area is 160 Å². The fourth-order valence-electron chi connectivity index (χ4n) is 4.17. The van der Waals surface area contributed by atoms with E-state index in [0.29, 0.717) is 13.1 Å². The number of piperidine rings is 1. The molecule has 3 rings (SSSR count). The highest BCUT2D eigenvalue weighted by molar-refractivity contribution is 5.88. The van der Waals surface area contributed by atoms with Gasteiger partial charge in [0.2, 0.25) is 11.8 Å². The van der Waals surface area contributed by atoms with Gasteiger partial charge in [-0.3, -0.25) is 14.5 Å². The number of primary amides is 1. The van der Waals surface area contributed by atoms with Crippen molar-refractivity contribution in [2.75, 3.05) is 19.6 Å². The molecule has 2 aromatic rings. The Hall–Kier alpha value is -2.34. The van der Waals surface area contributed by atoms with E-state index in [-0.39, 0.29) is 24.3 Å². The molecule has 6 heteroatoms. The van der Waals surface area contributed by atoms with Crippen LogP contribution in [0, 0.1) is 19.8 Å². The van der Waals surface area contributed by atoms with Gasteiger partial charge in [-0.15, -0.1) is 0 Å². The summed E-state index contributed by atoms with van der Waals surface area (Å²) < 4.78 is 0. The normalized spacial score (nSPS) is 18.0. The fraction of sp³-hybridized carbons (Fsp3) is 0.524. The van der Waals surface area contributed by atoms with Gasteiger partial charge in [-0.25, -0.2) is 0 Å². The molecule has 1 fully saturated rings. The van der Waals surface area contributed by atoms with Gasteiger partial charge in [0.15, 0.2) is 0 Å². The van der Waals surface area contributed by atoms with Crippen molar-refractivity contribution in [1.82, 2.24) is 15.2 Å². The summed E-state index contributed by atoms with van der Waals surface area (Å²) in [7, 11) is 0. The van der Waals surface area contributed by atoms with Gasteiger partial charge in [-0.1, -0.05) is 18.6 Å². The summed E-state index contributed by atoms with van der Waals surface area (Å²) in [6.45, 7) is 8.54. The second-order valence-corrected chi connectivity index (χ2v) is 7.69. The van der Waals surface area contributed by atoms with E-state index in [1.807, 2.05) is 4.90 Å². The van der Waals surface area contributed by atoms with Gasteiger partial charge in [-0.2, -0.15) is 0 Å². The van der Waals surface area contributed by atoms with Crippen molar-refractivity contribution in [1.29, 1.82) is 0 Å². The first-order valence-corrected chi connectivity index (χ1v) is 9.78. The number of aromatic amines is 1. The number of nitrogens with one attached hydrogen (secondary N) is 2. The third-order valence-corrected chi connectivity index (χ3v) is 5.56. The van der Waals surface area contributed by atoms with Crippen LogP contribution < -0.4 is 11.1 Å². The van der Waals surface area contributed by atoms with E-state index in [0.717, 1.165) is 36.9 Å². The van der Waals surface area contributed by atoms with E-state index in [4.69, 9.17) is 5.73 Å². The van der Waals surface area contributed by atoms with Crippen LogP contribution in [0.25, 0.3) is 10.9 Å². The molecule has 2 heterocycles. The van der Waals surface area contributed by atoms with Crippen molar-refractivity contribution in [2.45, 2.75) is 46.6 Å². The molecule has 1 aliphatic rings. The van der Waals surface area contributed by atoms with Crippen LogP contribution in [0.3, 0.4) is 0 Å². The van der Waals surface area contributed by atoms with E-state index in [1.54, 1.807) is 0 Å². The number of hydrogen-bond acceptors (Lipinski definition) is 3. The fourth-order valence-corrected chi connectivity index (χ4v) is 4.17. The monoisotopic (exact) mass is 370 g/mol. The Morgan fingerprint density at radius 1 is 1.33 bits per heavy atom. The molecule has 2 amide bonds. The maximum Gasteiger partial charge on any atom is 0.231 e. The molecule has 1 aromatic heterocycles. The SMILES string of the molecule is CCc1[nH]c2c(CNC(=O)C3CCCN(CC(N)=O)C3)cc(C)cc2c1C. The summed E-state index contributed by atoms with van der Waals surface area (Å²) >= 11 is 0. The minimum absolute atomic E-state index is 0.0535. The lowest BCUT2D eigenvalue weighted by molar-refractivity contribution is -0.128. The summed E-state index contributed by atoms with van der Waals surface area (Å²) in [4.78, 5) is 29.3. The molecule has 4 N–H and O–H groups in total. The topological polar surface area (TPSA) is 91.2 Å². The predicted molar refractivity (Wildman–Crippen MR) is 107 cm³/mol. The Bertz CT molecular complexity index is 855. The highest BCUT2D eigenvalue weighted by Gasteiger charge is 2.26. The molecule has 6 nitrogen and oxygen atoms in total. The highest BCUT2D eigenvalue weighted by Crippen LogP contribution is 2.27. The van der Waals surface area contributed by atoms with Crippen LogP contribution in [0.15, 0.2) is 12.1 Å². The Balaban J connectivity index is 1.71. The Kier molecular flexibility index (Phi) is 5.85. The lowest BCUT2D eigenvalue weighted by Crippen LogP contribution is -2.45. The number of rotatable bonds is 6. The van der Waals surface area contributed by atoms with Gasteiger partial charge in [-0.05, 0) is 56.8 Å². The van der Waals surface area contributed by atoms with Gasteiger partial charge in [0.1, 0.15) is 0 Å².